The fraction of sp³-hybridized carbons (Fsp3) is 0.227. The predicted molar refractivity (Wildman–Crippen MR) is 116 cm³/mol. The van der Waals surface area contributed by atoms with Crippen molar-refractivity contribution in [3.8, 4) is 11.3 Å². The SMILES string of the molecule is CN1CCN(c2ccc(Nc3nc4cccc(-c5cccnc5)n4n3)cc2)CC1. The molecule has 1 N–H and O–H groups in total. The number of aromatic nitrogens is 4. The van der Waals surface area contributed by atoms with E-state index >= 15 is 0 Å². The van der Waals surface area contributed by atoms with Crippen LogP contribution in [0.1, 0.15) is 0 Å². The van der Waals surface area contributed by atoms with Crippen LogP contribution >= 0.6 is 0 Å². The first-order valence-electron chi connectivity index (χ1n) is 9.83. The second-order valence-corrected chi connectivity index (χ2v) is 7.32. The van der Waals surface area contributed by atoms with E-state index in [0.29, 0.717) is 5.95 Å². The molecule has 0 amide bonds. The number of rotatable bonds is 4. The van der Waals surface area contributed by atoms with Gasteiger partial charge in [0.25, 0.3) is 0 Å². The lowest BCUT2D eigenvalue weighted by Crippen LogP contribution is -2.44. The number of anilines is 3. The van der Waals surface area contributed by atoms with Gasteiger partial charge in [-0.2, -0.15) is 4.98 Å². The summed E-state index contributed by atoms with van der Waals surface area (Å²) in [6.07, 6.45) is 3.60. The van der Waals surface area contributed by atoms with Gasteiger partial charge >= 0.3 is 0 Å². The molecule has 146 valence electrons. The van der Waals surface area contributed by atoms with Crippen LogP contribution < -0.4 is 10.2 Å². The number of piperazine rings is 1. The average Bonchev–Trinajstić information content (AvgIpc) is 3.18. The van der Waals surface area contributed by atoms with Crippen molar-refractivity contribution in [3.05, 3.63) is 67.0 Å². The molecular weight excluding hydrogens is 362 g/mol. The third-order valence-electron chi connectivity index (χ3n) is 5.31. The summed E-state index contributed by atoms with van der Waals surface area (Å²) in [6.45, 7) is 4.33. The lowest BCUT2D eigenvalue weighted by molar-refractivity contribution is 0.313. The predicted octanol–water partition coefficient (Wildman–Crippen LogP) is 3.29. The molecule has 7 heteroatoms. The number of hydrogen-bond acceptors (Lipinski definition) is 6. The van der Waals surface area contributed by atoms with Crippen LogP contribution in [0.2, 0.25) is 0 Å². The zero-order valence-electron chi connectivity index (χ0n) is 16.4. The molecule has 0 aliphatic carbocycles. The van der Waals surface area contributed by atoms with Crippen LogP contribution in [0.3, 0.4) is 0 Å². The van der Waals surface area contributed by atoms with E-state index in [9.17, 15) is 0 Å². The van der Waals surface area contributed by atoms with Crippen molar-refractivity contribution in [2.24, 2.45) is 0 Å². The van der Waals surface area contributed by atoms with Gasteiger partial charge in [-0.15, -0.1) is 5.10 Å². The minimum Gasteiger partial charge on any atom is -0.369 e. The highest BCUT2D eigenvalue weighted by Crippen LogP contribution is 2.23. The summed E-state index contributed by atoms with van der Waals surface area (Å²) >= 11 is 0. The smallest absolute Gasteiger partial charge is 0.247 e. The Morgan fingerprint density at radius 3 is 2.48 bits per heavy atom. The zero-order valence-corrected chi connectivity index (χ0v) is 16.4. The molecule has 0 saturated carbocycles. The van der Waals surface area contributed by atoms with Gasteiger partial charge in [0.15, 0.2) is 5.65 Å². The summed E-state index contributed by atoms with van der Waals surface area (Å²) in [5.41, 5.74) is 4.99. The van der Waals surface area contributed by atoms with Gasteiger partial charge in [0, 0.05) is 55.5 Å². The highest BCUT2D eigenvalue weighted by atomic mass is 15.4. The first kappa shape index (κ1) is 17.6. The van der Waals surface area contributed by atoms with Gasteiger partial charge in [0.05, 0.1) is 5.69 Å². The van der Waals surface area contributed by atoms with E-state index in [2.05, 4.69) is 61.5 Å². The van der Waals surface area contributed by atoms with E-state index in [4.69, 9.17) is 0 Å². The van der Waals surface area contributed by atoms with E-state index in [1.807, 2.05) is 41.0 Å². The molecule has 4 aromatic rings. The third-order valence-corrected chi connectivity index (χ3v) is 5.31. The van der Waals surface area contributed by atoms with E-state index in [1.54, 1.807) is 6.20 Å². The Labute approximate surface area is 169 Å². The molecule has 1 fully saturated rings. The Hall–Kier alpha value is -3.45. The summed E-state index contributed by atoms with van der Waals surface area (Å²) in [7, 11) is 2.17. The molecule has 0 radical (unpaired) electrons. The van der Waals surface area contributed by atoms with Gasteiger partial charge in [-0.25, -0.2) is 4.52 Å². The Balaban J connectivity index is 1.37. The van der Waals surface area contributed by atoms with Crippen LogP contribution in [0.15, 0.2) is 67.0 Å². The van der Waals surface area contributed by atoms with Crippen LogP contribution in [0, 0.1) is 0 Å². The number of likely N-dealkylation sites (N-methyl/N-ethyl adjacent to an activating group) is 1. The van der Waals surface area contributed by atoms with E-state index < -0.39 is 0 Å². The molecule has 1 saturated heterocycles. The monoisotopic (exact) mass is 385 g/mol. The second kappa shape index (κ2) is 7.52. The summed E-state index contributed by atoms with van der Waals surface area (Å²) < 4.78 is 1.85. The number of benzene rings is 1. The van der Waals surface area contributed by atoms with Crippen LogP contribution in [0.25, 0.3) is 16.9 Å². The van der Waals surface area contributed by atoms with Crippen molar-refractivity contribution < 1.29 is 0 Å². The standard InChI is InChI=1S/C22H23N7/c1-27-12-14-28(15-13-27)19-9-7-18(8-10-19)24-22-25-21-6-2-5-20(29(21)26-22)17-4-3-11-23-16-17/h2-11,16H,12-15H2,1H3,(H,24,26). The third kappa shape index (κ3) is 3.64. The number of pyridine rings is 2. The van der Waals surface area contributed by atoms with Gasteiger partial charge in [-0.1, -0.05) is 6.07 Å². The topological polar surface area (TPSA) is 61.6 Å². The first-order chi connectivity index (χ1) is 14.3. The first-order valence-corrected chi connectivity index (χ1v) is 9.83. The normalized spacial score (nSPS) is 15.0. The molecule has 1 aromatic carbocycles. The van der Waals surface area contributed by atoms with Crippen LogP contribution in [-0.4, -0.2) is 57.7 Å². The summed E-state index contributed by atoms with van der Waals surface area (Å²) in [4.78, 5) is 13.6. The quantitative estimate of drug-likeness (QED) is 0.582. The molecule has 1 aliphatic rings. The highest BCUT2D eigenvalue weighted by Gasteiger charge is 2.14. The molecule has 1 aliphatic heterocycles. The maximum Gasteiger partial charge on any atom is 0.247 e. The molecule has 0 unspecified atom stereocenters. The van der Waals surface area contributed by atoms with Gasteiger partial charge < -0.3 is 15.1 Å². The van der Waals surface area contributed by atoms with Gasteiger partial charge in [0.2, 0.25) is 5.95 Å². The Morgan fingerprint density at radius 1 is 0.897 bits per heavy atom. The summed E-state index contributed by atoms with van der Waals surface area (Å²) in [6, 6.07) is 18.4. The maximum absolute atomic E-state index is 4.66. The molecular formula is C22H23N7. The summed E-state index contributed by atoms with van der Waals surface area (Å²) in [5.74, 6) is 0.577. The Bertz CT molecular complexity index is 1100. The van der Waals surface area contributed by atoms with Crippen molar-refractivity contribution in [1.82, 2.24) is 24.5 Å². The van der Waals surface area contributed by atoms with Crippen molar-refractivity contribution in [2.75, 3.05) is 43.4 Å². The average molecular weight is 385 g/mol. The fourth-order valence-corrected chi connectivity index (χ4v) is 3.64. The van der Waals surface area contributed by atoms with Crippen molar-refractivity contribution in [1.29, 1.82) is 0 Å². The molecule has 0 spiro atoms. The number of nitrogens with one attached hydrogen (secondary N) is 1. The van der Waals surface area contributed by atoms with Crippen molar-refractivity contribution in [3.63, 3.8) is 0 Å². The number of hydrogen-bond donors (Lipinski definition) is 1. The number of nitrogens with zero attached hydrogens (tertiary/aromatic N) is 6. The van der Waals surface area contributed by atoms with Gasteiger partial charge in [0.1, 0.15) is 0 Å². The van der Waals surface area contributed by atoms with E-state index in [0.717, 1.165) is 48.8 Å². The number of fused-ring (bicyclic) bond motifs is 1. The van der Waals surface area contributed by atoms with Gasteiger partial charge in [-0.05, 0) is 55.6 Å². The largest absolute Gasteiger partial charge is 0.369 e. The Morgan fingerprint density at radius 2 is 1.72 bits per heavy atom. The molecule has 4 heterocycles. The minimum atomic E-state index is 0.577. The molecule has 5 rings (SSSR count). The highest BCUT2D eigenvalue weighted by molar-refractivity contribution is 5.65. The maximum atomic E-state index is 4.66. The second-order valence-electron chi connectivity index (χ2n) is 7.32. The molecule has 3 aromatic heterocycles. The molecule has 0 atom stereocenters. The lowest BCUT2D eigenvalue weighted by atomic mass is 10.2. The summed E-state index contributed by atoms with van der Waals surface area (Å²) in [5, 5.41) is 7.98. The molecule has 7 nitrogen and oxygen atoms in total. The van der Waals surface area contributed by atoms with Crippen LogP contribution in [0.4, 0.5) is 17.3 Å². The lowest BCUT2D eigenvalue weighted by Gasteiger charge is -2.34. The fourth-order valence-electron chi connectivity index (χ4n) is 3.64. The van der Waals surface area contributed by atoms with Crippen molar-refractivity contribution >= 4 is 23.0 Å². The van der Waals surface area contributed by atoms with Crippen LogP contribution in [-0.2, 0) is 0 Å². The van der Waals surface area contributed by atoms with Gasteiger partial charge in [-0.3, -0.25) is 4.98 Å². The van der Waals surface area contributed by atoms with Crippen LogP contribution in [0.5, 0.6) is 0 Å². The van der Waals surface area contributed by atoms with E-state index in [-0.39, 0.29) is 0 Å². The van der Waals surface area contributed by atoms with E-state index in [1.165, 1.54) is 5.69 Å². The molecule has 0 bridgehead atoms. The molecule has 29 heavy (non-hydrogen) atoms. The Kier molecular flexibility index (Phi) is 4.57. The van der Waals surface area contributed by atoms with Crippen molar-refractivity contribution in [2.45, 2.75) is 0 Å². The minimum absolute atomic E-state index is 0.577. The zero-order chi connectivity index (χ0) is 19.6.